The molecule has 1 unspecified atom stereocenters. The average Bonchev–Trinajstić information content (AvgIpc) is 2.17. The van der Waals surface area contributed by atoms with E-state index < -0.39 is 17.5 Å². The SMILES string of the molecule is CC(N)(Cc1ccnc(C(=O)O)c1)C(=O)O.Cl.Cl. The first kappa shape index (κ1) is 19.0. The van der Waals surface area contributed by atoms with Crippen LogP contribution in [0.15, 0.2) is 18.3 Å². The molecular weight excluding hydrogens is 283 g/mol. The number of carbonyl (C=O) groups is 2. The third-order valence-corrected chi connectivity index (χ3v) is 2.10. The molecule has 102 valence electrons. The summed E-state index contributed by atoms with van der Waals surface area (Å²) in [6.45, 7) is 1.37. The monoisotopic (exact) mass is 296 g/mol. The zero-order valence-electron chi connectivity index (χ0n) is 9.49. The highest BCUT2D eigenvalue weighted by atomic mass is 35.5. The van der Waals surface area contributed by atoms with Crippen molar-refractivity contribution in [3.8, 4) is 0 Å². The molecule has 8 heteroatoms. The molecule has 4 N–H and O–H groups in total. The van der Waals surface area contributed by atoms with Crippen molar-refractivity contribution in [2.75, 3.05) is 0 Å². The molecule has 0 fully saturated rings. The highest BCUT2D eigenvalue weighted by molar-refractivity contribution is 5.86. The number of aliphatic carboxylic acids is 1. The van der Waals surface area contributed by atoms with Crippen molar-refractivity contribution in [1.82, 2.24) is 4.98 Å². The third-order valence-electron chi connectivity index (χ3n) is 2.10. The van der Waals surface area contributed by atoms with E-state index in [1.807, 2.05) is 0 Å². The molecule has 18 heavy (non-hydrogen) atoms. The Kier molecular flexibility index (Phi) is 7.54. The molecule has 0 saturated heterocycles. The quantitative estimate of drug-likeness (QED) is 0.763. The molecule has 1 atom stereocenters. The van der Waals surface area contributed by atoms with Gasteiger partial charge in [0, 0.05) is 12.6 Å². The Hall–Kier alpha value is -1.37. The summed E-state index contributed by atoms with van der Waals surface area (Å²) in [5.41, 5.74) is 4.53. The van der Waals surface area contributed by atoms with E-state index in [9.17, 15) is 9.59 Å². The Morgan fingerprint density at radius 3 is 2.39 bits per heavy atom. The molecule has 0 bridgehead atoms. The van der Waals surface area contributed by atoms with E-state index in [2.05, 4.69) is 4.98 Å². The molecule has 1 aromatic rings. The van der Waals surface area contributed by atoms with E-state index in [1.54, 1.807) is 6.07 Å². The van der Waals surface area contributed by atoms with E-state index in [4.69, 9.17) is 15.9 Å². The van der Waals surface area contributed by atoms with Crippen molar-refractivity contribution < 1.29 is 19.8 Å². The highest BCUT2D eigenvalue weighted by Gasteiger charge is 2.28. The predicted octanol–water partition coefficient (Wildman–Crippen LogP) is 0.968. The summed E-state index contributed by atoms with van der Waals surface area (Å²) in [4.78, 5) is 25.1. The Morgan fingerprint density at radius 2 is 1.94 bits per heavy atom. The number of aromatic nitrogens is 1. The number of rotatable bonds is 4. The lowest BCUT2D eigenvalue weighted by Gasteiger charge is -2.18. The van der Waals surface area contributed by atoms with Crippen LogP contribution in [-0.4, -0.2) is 32.7 Å². The summed E-state index contributed by atoms with van der Waals surface area (Å²) in [6, 6.07) is 2.86. The topological polar surface area (TPSA) is 114 Å². The second kappa shape index (κ2) is 7.15. The second-order valence-electron chi connectivity index (χ2n) is 3.75. The highest BCUT2D eigenvalue weighted by Crippen LogP contribution is 2.11. The van der Waals surface area contributed by atoms with Gasteiger partial charge in [-0.1, -0.05) is 0 Å². The number of hydrogen-bond acceptors (Lipinski definition) is 4. The molecule has 1 heterocycles. The van der Waals surface area contributed by atoms with Crippen molar-refractivity contribution in [3.05, 3.63) is 29.6 Å². The van der Waals surface area contributed by atoms with Gasteiger partial charge in [-0.3, -0.25) is 4.79 Å². The lowest BCUT2D eigenvalue weighted by Crippen LogP contribution is -2.46. The molecule has 6 nitrogen and oxygen atoms in total. The van der Waals surface area contributed by atoms with Crippen LogP contribution in [0.2, 0.25) is 0 Å². The second-order valence-corrected chi connectivity index (χ2v) is 3.75. The number of aromatic carboxylic acids is 1. The van der Waals surface area contributed by atoms with Gasteiger partial charge in [-0.15, -0.1) is 24.8 Å². The molecule has 0 aromatic carbocycles. The standard InChI is InChI=1S/C10H12N2O4.2ClH/c1-10(11,9(15)16)5-6-2-3-12-7(4-6)8(13)14;;/h2-4H,5,11H2,1H3,(H,13,14)(H,15,16);2*1H. The maximum absolute atomic E-state index is 10.8. The van der Waals surface area contributed by atoms with Gasteiger partial charge in [0.05, 0.1) is 0 Å². The van der Waals surface area contributed by atoms with Crippen molar-refractivity contribution in [2.45, 2.75) is 18.9 Å². The first-order valence-corrected chi connectivity index (χ1v) is 4.53. The molecule has 0 spiro atoms. The predicted molar refractivity (Wildman–Crippen MR) is 69.6 cm³/mol. The number of nitrogens with zero attached hydrogens (tertiary/aromatic N) is 1. The van der Waals surface area contributed by atoms with Crippen LogP contribution in [0, 0.1) is 0 Å². The Bertz CT molecular complexity index is 438. The molecule has 1 rings (SSSR count). The summed E-state index contributed by atoms with van der Waals surface area (Å²) >= 11 is 0. The minimum absolute atomic E-state index is 0. The fraction of sp³-hybridized carbons (Fsp3) is 0.300. The minimum Gasteiger partial charge on any atom is -0.480 e. The fourth-order valence-corrected chi connectivity index (χ4v) is 1.20. The molecule has 0 saturated carbocycles. The van der Waals surface area contributed by atoms with Gasteiger partial charge in [0.2, 0.25) is 0 Å². The molecule has 0 aliphatic rings. The van der Waals surface area contributed by atoms with Crippen molar-refractivity contribution in [1.29, 1.82) is 0 Å². The van der Waals surface area contributed by atoms with E-state index >= 15 is 0 Å². The molecule has 0 aliphatic heterocycles. The van der Waals surface area contributed by atoms with Crippen LogP contribution in [0.5, 0.6) is 0 Å². The van der Waals surface area contributed by atoms with E-state index in [0.717, 1.165) is 0 Å². The van der Waals surface area contributed by atoms with Gasteiger partial charge in [-0.05, 0) is 24.6 Å². The van der Waals surface area contributed by atoms with Gasteiger partial charge >= 0.3 is 11.9 Å². The average molecular weight is 297 g/mol. The number of carboxylic acid groups (broad SMARTS) is 2. The summed E-state index contributed by atoms with van der Waals surface area (Å²) in [5, 5.41) is 17.5. The minimum atomic E-state index is -1.42. The van der Waals surface area contributed by atoms with Crippen LogP contribution >= 0.6 is 24.8 Å². The van der Waals surface area contributed by atoms with Crippen LogP contribution in [0.4, 0.5) is 0 Å². The van der Waals surface area contributed by atoms with E-state index in [1.165, 1.54) is 19.2 Å². The third kappa shape index (κ3) is 4.87. The normalized spacial score (nSPS) is 12.6. The largest absolute Gasteiger partial charge is 0.480 e. The Labute approximate surface area is 116 Å². The van der Waals surface area contributed by atoms with Crippen LogP contribution in [0.1, 0.15) is 23.0 Å². The first-order chi connectivity index (χ1) is 7.33. The van der Waals surface area contributed by atoms with Gasteiger partial charge in [0.1, 0.15) is 11.2 Å². The summed E-state index contributed by atoms with van der Waals surface area (Å²) in [7, 11) is 0. The van der Waals surface area contributed by atoms with Crippen LogP contribution in [0.3, 0.4) is 0 Å². The Morgan fingerprint density at radius 1 is 1.39 bits per heavy atom. The molecular formula is C10H14Cl2N2O4. The molecule has 0 radical (unpaired) electrons. The molecule has 1 aromatic heterocycles. The maximum Gasteiger partial charge on any atom is 0.354 e. The summed E-state index contributed by atoms with van der Waals surface area (Å²) in [5.74, 6) is -2.29. The van der Waals surface area contributed by atoms with Gasteiger partial charge in [0.25, 0.3) is 0 Å². The molecule has 0 amide bonds. The number of nitrogens with two attached hydrogens (primary N) is 1. The zero-order valence-corrected chi connectivity index (χ0v) is 11.1. The summed E-state index contributed by atoms with van der Waals surface area (Å²) in [6.07, 6.45) is 1.36. The van der Waals surface area contributed by atoms with Crippen LogP contribution in [0.25, 0.3) is 0 Å². The van der Waals surface area contributed by atoms with Gasteiger partial charge < -0.3 is 15.9 Å². The van der Waals surface area contributed by atoms with E-state index in [-0.39, 0.29) is 36.9 Å². The number of hydrogen-bond donors (Lipinski definition) is 3. The van der Waals surface area contributed by atoms with Gasteiger partial charge in [-0.25, -0.2) is 9.78 Å². The first-order valence-electron chi connectivity index (χ1n) is 4.53. The lowest BCUT2D eigenvalue weighted by molar-refractivity contribution is -0.142. The van der Waals surface area contributed by atoms with Crippen molar-refractivity contribution >= 4 is 36.8 Å². The Balaban J connectivity index is 0. The van der Waals surface area contributed by atoms with Gasteiger partial charge in [0.15, 0.2) is 0 Å². The smallest absolute Gasteiger partial charge is 0.354 e. The number of carboxylic acids is 2. The van der Waals surface area contributed by atoms with Crippen molar-refractivity contribution in [2.24, 2.45) is 5.73 Å². The van der Waals surface area contributed by atoms with Crippen molar-refractivity contribution in [3.63, 3.8) is 0 Å². The fourth-order valence-electron chi connectivity index (χ4n) is 1.20. The molecule has 0 aliphatic carbocycles. The van der Waals surface area contributed by atoms with Crippen LogP contribution in [-0.2, 0) is 11.2 Å². The van der Waals surface area contributed by atoms with Gasteiger partial charge in [-0.2, -0.15) is 0 Å². The lowest BCUT2D eigenvalue weighted by atomic mass is 9.94. The maximum atomic E-state index is 10.8. The summed E-state index contributed by atoms with van der Waals surface area (Å²) < 4.78 is 0. The number of pyridine rings is 1. The zero-order chi connectivity index (χ0) is 12.3. The van der Waals surface area contributed by atoms with Crippen LogP contribution < -0.4 is 5.73 Å². The number of halogens is 2. The van der Waals surface area contributed by atoms with E-state index in [0.29, 0.717) is 5.56 Å².